The summed E-state index contributed by atoms with van der Waals surface area (Å²) in [5, 5.41) is -1.18. The lowest BCUT2D eigenvalue weighted by Crippen LogP contribution is -2.06. The van der Waals surface area contributed by atoms with Gasteiger partial charge >= 0.3 is 6.18 Å². The van der Waals surface area contributed by atoms with Crippen LogP contribution in [-0.4, -0.2) is 0 Å². The van der Waals surface area contributed by atoms with Gasteiger partial charge in [0.1, 0.15) is 0 Å². The summed E-state index contributed by atoms with van der Waals surface area (Å²) < 4.78 is 38.8. The van der Waals surface area contributed by atoms with Crippen LogP contribution in [0.25, 0.3) is 11.1 Å². The molecule has 118 valence electrons. The van der Waals surface area contributed by atoms with Crippen molar-refractivity contribution in [1.29, 1.82) is 0 Å². The van der Waals surface area contributed by atoms with Crippen LogP contribution in [-0.2, 0) is 6.18 Å². The topological polar surface area (TPSA) is 0 Å². The highest BCUT2D eigenvalue weighted by molar-refractivity contribution is 6.56. The number of hydrogen-bond donors (Lipinski definition) is 0. The highest BCUT2D eigenvalue weighted by Crippen LogP contribution is 2.50. The average molecular weight is 429 g/mol. The molecule has 0 radical (unpaired) electrons. The molecule has 0 aromatic heterocycles. The van der Waals surface area contributed by atoms with Crippen molar-refractivity contribution < 1.29 is 13.2 Å². The van der Waals surface area contributed by atoms with Crippen LogP contribution in [0.15, 0.2) is 18.2 Å². The summed E-state index contributed by atoms with van der Waals surface area (Å²) in [5.74, 6) is 0. The second kappa shape index (κ2) is 6.46. The van der Waals surface area contributed by atoms with Crippen LogP contribution >= 0.6 is 69.6 Å². The molecule has 0 amide bonds. The molecule has 0 aliphatic rings. The van der Waals surface area contributed by atoms with E-state index in [0.29, 0.717) is 0 Å². The van der Waals surface area contributed by atoms with Crippen molar-refractivity contribution in [1.82, 2.24) is 0 Å². The predicted octanol–water partition coefficient (Wildman–Crippen LogP) is 8.29. The van der Waals surface area contributed by atoms with Crippen molar-refractivity contribution in [3.05, 3.63) is 53.9 Å². The van der Waals surface area contributed by atoms with E-state index in [4.69, 9.17) is 69.6 Å². The van der Waals surface area contributed by atoms with Gasteiger partial charge < -0.3 is 0 Å². The van der Waals surface area contributed by atoms with Crippen LogP contribution in [0.3, 0.4) is 0 Å². The molecule has 9 heteroatoms. The molecule has 0 fully saturated rings. The van der Waals surface area contributed by atoms with Crippen LogP contribution < -0.4 is 0 Å². The molecular weight excluding hydrogens is 426 g/mol. The van der Waals surface area contributed by atoms with E-state index in [1.807, 2.05) is 0 Å². The highest BCUT2D eigenvalue weighted by atomic mass is 35.5. The van der Waals surface area contributed by atoms with Gasteiger partial charge in [0.05, 0.1) is 35.7 Å². The third kappa shape index (κ3) is 3.12. The summed E-state index contributed by atoms with van der Waals surface area (Å²) in [6.07, 6.45) is -4.63. The molecule has 0 heterocycles. The van der Waals surface area contributed by atoms with Gasteiger partial charge in [0.15, 0.2) is 0 Å². The van der Waals surface area contributed by atoms with Gasteiger partial charge in [0, 0.05) is 11.1 Å². The Hall–Kier alpha value is -0.0300. The summed E-state index contributed by atoms with van der Waals surface area (Å²) in [7, 11) is 0. The fourth-order valence-corrected chi connectivity index (χ4v) is 3.45. The quantitative estimate of drug-likeness (QED) is 0.316. The first-order chi connectivity index (χ1) is 10.1. The van der Waals surface area contributed by atoms with E-state index in [1.165, 1.54) is 12.1 Å². The summed E-state index contributed by atoms with van der Waals surface area (Å²) >= 11 is 35.6. The molecule has 0 aliphatic carbocycles. The second-order valence-corrected chi connectivity index (χ2v) is 6.38. The van der Waals surface area contributed by atoms with Crippen LogP contribution in [0.4, 0.5) is 13.2 Å². The van der Waals surface area contributed by atoms with E-state index < -0.39 is 16.8 Å². The fraction of sp³-hybridized carbons (Fsp3) is 0.0769. The van der Waals surface area contributed by atoms with Crippen molar-refractivity contribution in [2.75, 3.05) is 0 Å². The smallest absolute Gasteiger partial charge is 0.166 e. The van der Waals surface area contributed by atoms with E-state index in [2.05, 4.69) is 0 Å². The number of alkyl halides is 3. The molecule has 0 atom stereocenters. The average Bonchev–Trinajstić information content (AvgIpc) is 2.43. The van der Waals surface area contributed by atoms with Gasteiger partial charge in [-0.25, -0.2) is 0 Å². The molecule has 0 unspecified atom stereocenters. The number of benzene rings is 2. The Bertz CT molecular complexity index is 725. The lowest BCUT2D eigenvalue weighted by molar-refractivity contribution is -0.137. The number of hydrogen-bond acceptors (Lipinski definition) is 0. The Balaban J connectivity index is 2.85. The monoisotopic (exact) mass is 426 g/mol. The Kier molecular flexibility index (Phi) is 5.38. The molecular formula is C13H3Cl6F3. The third-order valence-electron chi connectivity index (χ3n) is 2.78. The zero-order valence-corrected chi connectivity index (χ0v) is 14.7. The standard InChI is InChI=1S/C13H3Cl6F3/c14-7-4(2-1-3-5(7)13(20,21)22)6-8(15)10(17)12(19)11(18)9(6)16/h1-3H. The second-order valence-electron chi connectivity index (χ2n) is 4.11. The van der Waals surface area contributed by atoms with Crippen LogP contribution in [0, 0.1) is 0 Å². The first kappa shape index (κ1) is 18.3. The normalized spacial score (nSPS) is 11.9. The lowest BCUT2D eigenvalue weighted by atomic mass is 10.0. The van der Waals surface area contributed by atoms with E-state index in [1.54, 1.807) is 0 Å². The SMILES string of the molecule is FC(F)(F)c1cccc(-c2c(Cl)c(Cl)c(Cl)c(Cl)c2Cl)c1Cl. The van der Waals surface area contributed by atoms with Crippen LogP contribution in [0.2, 0.25) is 30.1 Å². The largest absolute Gasteiger partial charge is 0.417 e. The maximum Gasteiger partial charge on any atom is 0.417 e. The van der Waals surface area contributed by atoms with E-state index in [0.717, 1.165) is 6.07 Å². The van der Waals surface area contributed by atoms with Gasteiger partial charge in [-0.2, -0.15) is 13.2 Å². The first-order valence-electron chi connectivity index (χ1n) is 5.44. The van der Waals surface area contributed by atoms with E-state index in [-0.39, 0.29) is 36.2 Å². The zero-order chi connectivity index (χ0) is 16.8. The van der Waals surface area contributed by atoms with Gasteiger partial charge in [-0.3, -0.25) is 0 Å². The molecule has 0 bridgehead atoms. The third-order valence-corrected chi connectivity index (χ3v) is 5.47. The molecule has 2 aromatic carbocycles. The minimum absolute atomic E-state index is 0.0150. The number of halogens is 9. The number of rotatable bonds is 1. The van der Waals surface area contributed by atoms with E-state index in [9.17, 15) is 13.2 Å². The minimum atomic E-state index is -4.63. The van der Waals surface area contributed by atoms with Gasteiger partial charge in [-0.05, 0) is 6.07 Å². The van der Waals surface area contributed by atoms with Gasteiger partial charge in [0.2, 0.25) is 0 Å². The Morgan fingerprint density at radius 3 is 1.55 bits per heavy atom. The van der Waals surface area contributed by atoms with E-state index >= 15 is 0 Å². The Labute approximate surface area is 153 Å². The van der Waals surface area contributed by atoms with Crippen LogP contribution in [0.1, 0.15) is 5.56 Å². The van der Waals surface area contributed by atoms with Crippen molar-refractivity contribution in [3.8, 4) is 11.1 Å². The van der Waals surface area contributed by atoms with Crippen molar-refractivity contribution in [3.63, 3.8) is 0 Å². The summed E-state index contributed by atoms with van der Waals surface area (Å²) in [4.78, 5) is 0. The van der Waals surface area contributed by atoms with Crippen LogP contribution in [0.5, 0.6) is 0 Å². The van der Waals surface area contributed by atoms with Crippen molar-refractivity contribution >= 4 is 69.6 Å². The molecule has 0 aliphatic heterocycles. The Morgan fingerprint density at radius 1 is 0.636 bits per heavy atom. The molecule has 0 nitrogen and oxygen atoms in total. The molecule has 2 aromatic rings. The van der Waals surface area contributed by atoms with Crippen molar-refractivity contribution in [2.45, 2.75) is 6.18 Å². The lowest BCUT2D eigenvalue weighted by Gasteiger charge is -2.16. The molecule has 0 N–H and O–H groups in total. The molecule has 0 spiro atoms. The minimum Gasteiger partial charge on any atom is -0.166 e. The maximum atomic E-state index is 12.9. The van der Waals surface area contributed by atoms with Crippen molar-refractivity contribution in [2.24, 2.45) is 0 Å². The van der Waals surface area contributed by atoms with Gasteiger partial charge in [-0.1, -0.05) is 81.7 Å². The summed E-state index contributed by atoms with van der Waals surface area (Å²) in [5.41, 5.74) is -1.09. The van der Waals surface area contributed by atoms with Gasteiger partial charge in [0.25, 0.3) is 0 Å². The molecule has 0 saturated carbocycles. The molecule has 2 rings (SSSR count). The molecule has 22 heavy (non-hydrogen) atoms. The molecule has 0 saturated heterocycles. The highest BCUT2D eigenvalue weighted by Gasteiger charge is 2.35. The summed E-state index contributed by atoms with van der Waals surface area (Å²) in [6, 6.07) is 3.34. The fourth-order valence-electron chi connectivity index (χ4n) is 1.79. The predicted molar refractivity (Wildman–Crippen MR) is 86.9 cm³/mol. The first-order valence-corrected chi connectivity index (χ1v) is 7.71. The zero-order valence-electron chi connectivity index (χ0n) is 10.1. The maximum absolute atomic E-state index is 12.9. The van der Waals surface area contributed by atoms with Gasteiger partial charge in [-0.15, -0.1) is 0 Å². The Morgan fingerprint density at radius 2 is 1.09 bits per heavy atom. The summed E-state index contributed by atoms with van der Waals surface area (Å²) in [6.45, 7) is 0.